The minimum atomic E-state index is -3.53. The van der Waals surface area contributed by atoms with Gasteiger partial charge in [-0.2, -0.15) is 9.40 Å². The molecule has 0 aromatic carbocycles. The number of anilines is 1. The minimum Gasteiger partial charge on any atom is -0.389 e. The number of ether oxygens (including phenoxy) is 1. The Bertz CT molecular complexity index is 1200. The van der Waals surface area contributed by atoms with E-state index in [9.17, 15) is 13.5 Å². The van der Waals surface area contributed by atoms with Crippen LogP contribution in [0.1, 0.15) is 45.1 Å². The van der Waals surface area contributed by atoms with Gasteiger partial charge >= 0.3 is 0 Å². The maximum Gasteiger partial charge on any atom is 0.223 e. The molecule has 2 saturated heterocycles. The lowest BCUT2D eigenvalue weighted by molar-refractivity contribution is 0.0412. The summed E-state index contributed by atoms with van der Waals surface area (Å²) >= 11 is 0. The summed E-state index contributed by atoms with van der Waals surface area (Å²) in [6.45, 7) is 8.25. The molecule has 13 heteroatoms. The molecule has 2 atom stereocenters. The van der Waals surface area contributed by atoms with Gasteiger partial charge in [0.15, 0.2) is 0 Å². The summed E-state index contributed by atoms with van der Waals surface area (Å²) < 4.78 is 49.3. The zero-order chi connectivity index (χ0) is 28.2. The van der Waals surface area contributed by atoms with Crippen molar-refractivity contribution >= 4 is 16.0 Å². The topological polar surface area (TPSA) is 126 Å². The zero-order valence-electron chi connectivity index (χ0n) is 23.4. The standard InChI is InChI=1S/C26H42FN7O4S/c1-19-14-28-25(31-24(19)20-15-29-33(16-20)18-26(2,3)35)30-23-8-12-34(17-22(23)27)39(36,37)13-5-9-32-10-6-21(38-4)7-11-32/h14-16,21-23,35H,5-13,17-18H2,1-4H3,(H,28,30,31)/t22-,23+/m1/s1. The van der Waals surface area contributed by atoms with Crippen LogP contribution in [0.15, 0.2) is 18.6 Å². The second-order valence-electron chi connectivity index (χ2n) is 11.3. The Kier molecular flexibility index (Phi) is 9.58. The number of hydrogen-bond acceptors (Lipinski definition) is 9. The molecule has 2 aliphatic rings. The van der Waals surface area contributed by atoms with Gasteiger partial charge in [0.25, 0.3) is 0 Å². The number of nitrogens with one attached hydrogen (secondary N) is 1. The third-order valence-corrected chi connectivity index (χ3v) is 9.31. The number of likely N-dealkylation sites (tertiary alicyclic amines) is 1. The number of aromatic nitrogens is 4. The van der Waals surface area contributed by atoms with E-state index >= 15 is 4.39 Å². The molecule has 0 aliphatic carbocycles. The number of nitrogens with zero attached hydrogens (tertiary/aromatic N) is 6. The van der Waals surface area contributed by atoms with Gasteiger partial charge < -0.3 is 20.1 Å². The van der Waals surface area contributed by atoms with Crippen molar-refractivity contribution in [1.29, 1.82) is 0 Å². The first kappa shape index (κ1) is 29.8. The molecule has 4 heterocycles. The van der Waals surface area contributed by atoms with E-state index in [2.05, 4.69) is 25.3 Å². The minimum absolute atomic E-state index is 0.0214. The molecule has 2 aromatic heterocycles. The second kappa shape index (κ2) is 12.5. The van der Waals surface area contributed by atoms with E-state index in [1.165, 1.54) is 4.31 Å². The van der Waals surface area contributed by atoms with Crippen LogP contribution in [0.2, 0.25) is 0 Å². The largest absolute Gasteiger partial charge is 0.389 e. The average Bonchev–Trinajstić information content (AvgIpc) is 3.33. The highest BCUT2D eigenvalue weighted by Crippen LogP contribution is 2.25. The van der Waals surface area contributed by atoms with Crippen molar-refractivity contribution in [2.45, 2.75) is 76.9 Å². The quantitative estimate of drug-likeness (QED) is 0.420. The second-order valence-corrected chi connectivity index (χ2v) is 13.4. The van der Waals surface area contributed by atoms with Crippen LogP contribution in [0.4, 0.5) is 10.3 Å². The molecule has 0 spiro atoms. The highest BCUT2D eigenvalue weighted by Gasteiger charge is 2.35. The van der Waals surface area contributed by atoms with Crippen LogP contribution in [0.25, 0.3) is 11.3 Å². The summed E-state index contributed by atoms with van der Waals surface area (Å²) in [6.07, 6.45) is 6.83. The summed E-state index contributed by atoms with van der Waals surface area (Å²) in [4.78, 5) is 11.2. The van der Waals surface area contributed by atoms with Crippen LogP contribution in [-0.2, 0) is 21.3 Å². The number of methoxy groups -OCH3 is 1. The first-order chi connectivity index (χ1) is 18.4. The molecule has 2 aliphatic heterocycles. The van der Waals surface area contributed by atoms with Gasteiger partial charge in [-0.1, -0.05) is 0 Å². The third-order valence-electron chi connectivity index (χ3n) is 7.38. The number of piperidine rings is 2. The summed E-state index contributed by atoms with van der Waals surface area (Å²) in [5, 5.41) is 17.4. The normalized spacial score (nSPS) is 22.3. The van der Waals surface area contributed by atoms with E-state index in [0.29, 0.717) is 31.2 Å². The molecule has 0 unspecified atom stereocenters. The summed E-state index contributed by atoms with van der Waals surface area (Å²) in [5.41, 5.74) is 1.36. The fourth-order valence-corrected chi connectivity index (χ4v) is 6.70. The van der Waals surface area contributed by atoms with Gasteiger partial charge in [0.1, 0.15) is 6.17 Å². The number of aliphatic hydroxyl groups is 1. The molecule has 0 amide bonds. The Morgan fingerprint density at radius 2 is 1.95 bits per heavy atom. The molecule has 39 heavy (non-hydrogen) atoms. The Hall–Kier alpha value is -2.19. The highest BCUT2D eigenvalue weighted by atomic mass is 32.2. The Labute approximate surface area is 230 Å². The van der Waals surface area contributed by atoms with Crippen molar-refractivity contribution in [1.82, 2.24) is 29.0 Å². The van der Waals surface area contributed by atoms with E-state index < -0.39 is 27.8 Å². The van der Waals surface area contributed by atoms with E-state index in [1.54, 1.807) is 44.2 Å². The number of hydrogen-bond donors (Lipinski definition) is 2. The Balaban J connectivity index is 1.30. The molecule has 0 bridgehead atoms. The number of aryl methyl sites for hydroxylation is 1. The maximum atomic E-state index is 15.2. The zero-order valence-corrected chi connectivity index (χ0v) is 24.2. The fraction of sp³-hybridized carbons (Fsp3) is 0.731. The first-order valence-electron chi connectivity index (χ1n) is 13.7. The molecule has 2 aromatic rings. The van der Waals surface area contributed by atoms with Crippen LogP contribution in [0, 0.1) is 6.92 Å². The molecule has 0 saturated carbocycles. The molecule has 2 fully saturated rings. The van der Waals surface area contributed by atoms with Crippen LogP contribution in [-0.4, -0.2) is 112 Å². The predicted molar refractivity (Wildman–Crippen MR) is 148 cm³/mol. The third kappa shape index (κ3) is 8.16. The lowest BCUT2D eigenvalue weighted by atomic mass is 10.1. The number of alkyl halides is 1. The smallest absolute Gasteiger partial charge is 0.223 e. The summed E-state index contributed by atoms with van der Waals surface area (Å²) in [7, 11) is -1.80. The lowest BCUT2D eigenvalue weighted by Gasteiger charge is -2.34. The number of halogens is 1. The van der Waals surface area contributed by atoms with Gasteiger partial charge in [0.05, 0.1) is 41.9 Å². The van der Waals surface area contributed by atoms with Crippen LogP contribution in [0.3, 0.4) is 0 Å². The summed E-state index contributed by atoms with van der Waals surface area (Å²) in [5.74, 6) is 0.306. The van der Waals surface area contributed by atoms with Gasteiger partial charge in [-0.25, -0.2) is 22.8 Å². The van der Waals surface area contributed by atoms with Gasteiger partial charge in [-0.3, -0.25) is 4.68 Å². The van der Waals surface area contributed by atoms with E-state index in [-0.39, 0.29) is 24.8 Å². The molecule has 4 rings (SSSR count). The monoisotopic (exact) mass is 567 g/mol. The van der Waals surface area contributed by atoms with Crippen molar-refractivity contribution in [2.75, 3.05) is 50.9 Å². The molecule has 218 valence electrons. The van der Waals surface area contributed by atoms with Gasteiger partial charge in [0, 0.05) is 51.2 Å². The fourth-order valence-electron chi connectivity index (χ4n) is 5.20. The average molecular weight is 568 g/mol. The highest BCUT2D eigenvalue weighted by molar-refractivity contribution is 7.89. The van der Waals surface area contributed by atoms with Gasteiger partial charge in [-0.15, -0.1) is 0 Å². The van der Waals surface area contributed by atoms with Crippen LogP contribution in [0.5, 0.6) is 0 Å². The van der Waals surface area contributed by atoms with Gasteiger partial charge in [0.2, 0.25) is 16.0 Å². The van der Waals surface area contributed by atoms with Crippen molar-refractivity contribution in [3.05, 3.63) is 24.2 Å². The van der Waals surface area contributed by atoms with Crippen molar-refractivity contribution in [3.8, 4) is 11.3 Å². The SMILES string of the molecule is COC1CCN(CCCS(=O)(=O)N2CC[C@H](Nc3ncc(C)c(-c4cnn(CC(C)(C)O)c4)n3)[C@H](F)C2)CC1. The Morgan fingerprint density at radius 3 is 2.62 bits per heavy atom. The molecule has 0 radical (unpaired) electrons. The van der Waals surface area contributed by atoms with Gasteiger partial charge in [-0.05, 0) is 58.6 Å². The molecule has 11 nitrogen and oxygen atoms in total. The van der Waals surface area contributed by atoms with Crippen molar-refractivity contribution in [3.63, 3.8) is 0 Å². The Morgan fingerprint density at radius 1 is 1.21 bits per heavy atom. The van der Waals surface area contributed by atoms with Crippen LogP contribution >= 0.6 is 0 Å². The predicted octanol–water partition coefficient (Wildman–Crippen LogP) is 2.07. The molecular weight excluding hydrogens is 525 g/mol. The van der Waals surface area contributed by atoms with E-state index in [0.717, 1.165) is 43.6 Å². The summed E-state index contributed by atoms with van der Waals surface area (Å²) in [6, 6.07) is -0.591. The maximum absolute atomic E-state index is 15.2. The first-order valence-corrected chi connectivity index (χ1v) is 15.3. The van der Waals surface area contributed by atoms with E-state index in [1.807, 2.05) is 6.92 Å². The van der Waals surface area contributed by atoms with Crippen molar-refractivity contribution in [2.24, 2.45) is 0 Å². The van der Waals surface area contributed by atoms with Crippen molar-refractivity contribution < 1.29 is 22.7 Å². The van der Waals surface area contributed by atoms with Crippen LogP contribution < -0.4 is 5.32 Å². The number of rotatable bonds is 11. The molecular formula is C26H42FN7O4S. The number of sulfonamides is 1. The van der Waals surface area contributed by atoms with E-state index in [4.69, 9.17) is 4.74 Å². The molecule has 2 N–H and O–H groups in total. The lowest BCUT2D eigenvalue weighted by Crippen LogP contribution is -2.50.